The minimum absolute atomic E-state index is 0.154. The molecule has 0 saturated heterocycles. The van der Waals surface area contributed by atoms with Crippen LogP contribution in [-0.2, 0) is 11.3 Å². The number of aryl methyl sites for hydroxylation is 1. The fourth-order valence-electron chi connectivity index (χ4n) is 5.61. The van der Waals surface area contributed by atoms with Crippen molar-refractivity contribution in [3.05, 3.63) is 83.3 Å². The van der Waals surface area contributed by atoms with Gasteiger partial charge in [-0.05, 0) is 74.4 Å². The second-order valence-corrected chi connectivity index (χ2v) is 12.1. The number of hydrogen-bond acceptors (Lipinski definition) is 3. The Kier molecular flexibility index (Phi) is 10.9. The minimum Gasteiger partial charge on any atom is -0.505 e. The number of nitrogens with one attached hydrogen (secondary N) is 1. The molecule has 1 unspecified atom stereocenters. The van der Waals surface area contributed by atoms with Crippen molar-refractivity contribution in [2.24, 2.45) is 11.3 Å². The van der Waals surface area contributed by atoms with E-state index >= 15 is 0 Å². The Morgan fingerprint density at radius 3 is 2.61 bits per heavy atom. The zero-order valence-corrected chi connectivity index (χ0v) is 25.9. The molecule has 1 heterocycles. The van der Waals surface area contributed by atoms with Gasteiger partial charge in [-0.3, -0.25) is 4.79 Å². The summed E-state index contributed by atoms with van der Waals surface area (Å²) in [5, 5.41) is 12.8. The van der Waals surface area contributed by atoms with Crippen LogP contribution in [0.4, 0.5) is 10.1 Å². The average Bonchev–Trinajstić information content (AvgIpc) is 3.43. The van der Waals surface area contributed by atoms with Crippen molar-refractivity contribution in [3.8, 4) is 5.75 Å². The van der Waals surface area contributed by atoms with Crippen LogP contribution >= 0.6 is 0 Å². The van der Waals surface area contributed by atoms with Gasteiger partial charge < -0.3 is 15.0 Å². The van der Waals surface area contributed by atoms with Gasteiger partial charge in [-0.25, -0.2) is 9.37 Å². The summed E-state index contributed by atoms with van der Waals surface area (Å²) in [7, 11) is 4.91. The number of imidazole rings is 1. The SMILES string of the molecule is Bc1c(B)c(NC(=O)/C=C(C)/C=C/C=C(C)/C=C/C2=C(C)C(CCCn3ccnc3)CCC2(C)C)c(B)c(O)c1F. The van der Waals surface area contributed by atoms with Crippen LogP contribution in [0.1, 0.15) is 60.3 Å². The van der Waals surface area contributed by atoms with E-state index < -0.39 is 11.6 Å². The molecule has 41 heavy (non-hydrogen) atoms. The number of nitrogens with zero attached hydrogens (tertiary/aromatic N) is 2. The van der Waals surface area contributed by atoms with Crippen LogP contribution in [0.5, 0.6) is 5.75 Å². The lowest BCUT2D eigenvalue weighted by atomic mass is 9.68. The third-order valence-electron chi connectivity index (χ3n) is 8.46. The molecule has 9 heteroatoms. The Labute approximate surface area is 247 Å². The second-order valence-electron chi connectivity index (χ2n) is 12.1. The lowest BCUT2D eigenvalue weighted by Gasteiger charge is -2.37. The topological polar surface area (TPSA) is 67.2 Å². The van der Waals surface area contributed by atoms with Crippen LogP contribution < -0.4 is 21.7 Å². The maximum atomic E-state index is 14.1. The molecule has 2 N–H and O–H groups in total. The Balaban J connectivity index is 1.64. The molecule has 5 nitrogen and oxygen atoms in total. The van der Waals surface area contributed by atoms with Crippen LogP contribution in [0.25, 0.3) is 0 Å². The van der Waals surface area contributed by atoms with Gasteiger partial charge in [0, 0.05) is 30.7 Å². The largest absolute Gasteiger partial charge is 0.505 e. The first-order valence-corrected chi connectivity index (χ1v) is 14.5. The normalized spacial score (nSPS) is 18.0. The van der Waals surface area contributed by atoms with Gasteiger partial charge in [-0.2, -0.15) is 0 Å². The lowest BCUT2D eigenvalue weighted by Crippen LogP contribution is -2.38. The quantitative estimate of drug-likeness (QED) is 0.271. The summed E-state index contributed by atoms with van der Waals surface area (Å²) in [6.07, 6.45) is 22.3. The number of phenolic OH excluding ortho intramolecular Hbond substituents is 1. The first kappa shape index (κ1) is 32.0. The maximum absolute atomic E-state index is 14.1. The maximum Gasteiger partial charge on any atom is 0.248 e. The molecule has 1 aromatic carbocycles. The number of aromatic nitrogens is 2. The molecule has 0 saturated carbocycles. The van der Waals surface area contributed by atoms with Gasteiger partial charge in [-0.1, -0.05) is 66.3 Å². The van der Waals surface area contributed by atoms with Crippen molar-refractivity contribution < 1.29 is 14.3 Å². The molecular weight excluding hydrogens is 510 g/mol. The van der Waals surface area contributed by atoms with Gasteiger partial charge in [0.15, 0.2) is 5.82 Å². The molecule has 1 amide bonds. The van der Waals surface area contributed by atoms with E-state index in [1.54, 1.807) is 23.5 Å². The third kappa shape index (κ3) is 8.28. The fraction of sp³-hybridized carbons (Fsp3) is 0.375. The Hall–Kier alpha value is -3.48. The zero-order valence-electron chi connectivity index (χ0n) is 25.9. The van der Waals surface area contributed by atoms with Gasteiger partial charge in [0.25, 0.3) is 0 Å². The molecule has 0 spiro atoms. The van der Waals surface area contributed by atoms with Crippen LogP contribution in [0.15, 0.2) is 77.5 Å². The number of carbonyl (C=O) groups is 1. The number of amides is 1. The summed E-state index contributed by atoms with van der Waals surface area (Å²) in [6, 6.07) is 0. The number of carbonyl (C=O) groups excluding carboxylic acids is 1. The molecular formula is C32H43B3FN3O2. The van der Waals surface area contributed by atoms with E-state index in [1.807, 2.05) is 43.9 Å². The van der Waals surface area contributed by atoms with E-state index in [0.717, 1.165) is 24.1 Å². The molecule has 1 atom stereocenters. The fourth-order valence-corrected chi connectivity index (χ4v) is 5.61. The first-order valence-electron chi connectivity index (χ1n) is 14.5. The molecule has 1 aliphatic carbocycles. The molecule has 0 fully saturated rings. The van der Waals surface area contributed by atoms with Crippen molar-refractivity contribution in [1.82, 2.24) is 9.55 Å². The molecule has 2 aromatic rings. The second kappa shape index (κ2) is 13.9. The van der Waals surface area contributed by atoms with Gasteiger partial charge in [0.2, 0.25) is 5.91 Å². The number of phenols is 1. The molecule has 0 radical (unpaired) electrons. The van der Waals surface area contributed by atoms with Crippen LogP contribution in [0, 0.1) is 17.2 Å². The number of anilines is 1. The number of aromatic hydroxyl groups is 1. The standard InChI is InChI=1S/C32H43B3FN3O2/c1-20(8-6-9-21(2)18-25(40)38-30-27(34)26(33)29(36)31(41)28(30)35)11-12-24-22(3)23(13-14-32(24,4)5)10-7-16-39-17-15-37-19-39/h6,8-9,11-12,15,17-19,23,41H,7,10,13-14,16,33-35H2,1-5H3,(H,38,40)/b9-6+,12-11+,20-8+,21-18+. The van der Waals surface area contributed by atoms with E-state index in [2.05, 4.69) is 54.7 Å². The van der Waals surface area contributed by atoms with E-state index in [-0.39, 0.29) is 11.3 Å². The lowest BCUT2D eigenvalue weighted by molar-refractivity contribution is -0.111. The summed E-state index contributed by atoms with van der Waals surface area (Å²) in [4.78, 5) is 16.8. The van der Waals surface area contributed by atoms with E-state index in [1.165, 1.54) is 36.5 Å². The van der Waals surface area contributed by atoms with Crippen molar-refractivity contribution in [2.75, 3.05) is 5.32 Å². The van der Waals surface area contributed by atoms with Crippen molar-refractivity contribution in [1.29, 1.82) is 0 Å². The minimum atomic E-state index is -0.649. The van der Waals surface area contributed by atoms with E-state index in [0.29, 0.717) is 28.0 Å². The Morgan fingerprint density at radius 1 is 1.20 bits per heavy atom. The first-order chi connectivity index (χ1) is 19.3. The number of hydrogen-bond donors (Lipinski definition) is 2. The van der Waals surface area contributed by atoms with Crippen LogP contribution in [0.3, 0.4) is 0 Å². The predicted octanol–water partition coefficient (Wildman–Crippen LogP) is 2.68. The van der Waals surface area contributed by atoms with Crippen LogP contribution in [0.2, 0.25) is 0 Å². The molecule has 3 rings (SSSR count). The van der Waals surface area contributed by atoms with Gasteiger partial charge >= 0.3 is 0 Å². The monoisotopic (exact) mass is 553 g/mol. The highest BCUT2D eigenvalue weighted by atomic mass is 19.1. The number of benzene rings is 1. The zero-order chi connectivity index (χ0) is 30.3. The summed E-state index contributed by atoms with van der Waals surface area (Å²) >= 11 is 0. The van der Waals surface area contributed by atoms with Crippen molar-refractivity contribution >= 4 is 51.5 Å². The average molecular weight is 553 g/mol. The highest BCUT2D eigenvalue weighted by Gasteiger charge is 2.31. The van der Waals surface area contributed by atoms with E-state index in [4.69, 9.17) is 0 Å². The predicted molar refractivity (Wildman–Crippen MR) is 178 cm³/mol. The van der Waals surface area contributed by atoms with Crippen LogP contribution in [-0.4, -0.2) is 44.1 Å². The summed E-state index contributed by atoms with van der Waals surface area (Å²) in [5.41, 5.74) is 6.68. The van der Waals surface area contributed by atoms with Gasteiger partial charge in [0.05, 0.1) is 6.33 Å². The third-order valence-corrected chi connectivity index (χ3v) is 8.46. The van der Waals surface area contributed by atoms with Crippen molar-refractivity contribution in [3.63, 3.8) is 0 Å². The van der Waals surface area contributed by atoms with Gasteiger partial charge in [-0.15, -0.1) is 0 Å². The van der Waals surface area contributed by atoms with E-state index in [9.17, 15) is 14.3 Å². The van der Waals surface area contributed by atoms with Crippen molar-refractivity contribution in [2.45, 2.75) is 66.8 Å². The summed E-state index contributed by atoms with van der Waals surface area (Å²) in [5.74, 6) is -0.791. The molecule has 0 bridgehead atoms. The summed E-state index contributed by atoms with van der Waals surface area (Å²) < 4.78 is 16.3. The molecule has 1 aromatic heterocycles. The molecule has 1 aliphatic rings. The smallest absolute Gasteiger partial charge is 0.248 e. The highest BCUT2D eigenvalue weighted by molar-refractivity contribution is 6.55. The highest BCUT2D eigenvalue weighted by Crippen LogP contribution is 2.44. The number of halogens is 1. The molecule has 0 aliphatic heterocycles. The Bertz CT molecular complexity index is 1390. The number of rotatable bonds is 10. The number of allylic oxidation sites excluding steroid dienone is 9. The summed E-state index contributed by atoms with van der Waals surface area (Å²) in [6.45, 7) is 11.9. The molecule has 214 valence electrons. The van der Waals surface area contributed by atoms with Gasteiger partial charge in [0.1, 0.15) is 29.3 Å². The Morgan fingerprint density at radius 2 is 1.93 bits per heavy atom.